The predicted molar refractivity (Wildman–Crippen MR) is 43.1 cm³/mol. The van der Waals surface area contributed by atoms with Crippen LogP contribution in [0, 0.1) is 6.07 Å². The second-order valence-corrected chi connectivity index (χ2v) is 3.36. The summed E-state index contributed by atoms with van der Waals surface area (Å²) in [5, 5.41) is 0. The number of rotatable bonds is 0. The van der Waals surface area contributed by atoms with Crippen LogP contribution in [0.25, 0.3) is 0 Å². The molecule has 1 aromatic carbocycles. The molecule has 11 heavy (non-hydrogen) atoms. The molecule has 1 heterocycles. The summed E-state index contributed by atoms with van der Waals surface area (Å²) < 4.78 is 5.58. The van der Waals surface area contributed by atoms with Gasteiger partial charge in [0.2, 0.25) is 0 Å². The third kappa shape index (κ3) is 0.962. The highest BCUT2D eigenvalue weighted by Gasteiger charge is 2.29. The molecule has 1 heteroatoms. The number of benzene rings is 1. The molecule has 1 aliphatic heterocycles. The second kappa shape index (κ2) is 2.08. The van der Waals surface area contributed by atoms with Crippen LogP contribution in [0.2, 0.25) is 0 Å². The maximum absolute atomic E-state index is 5.58. The van der Waals surface area contributed by atoms with Crippen molar-refractivity contribution in [2.45, 2.75) is 26.1 Å². The molecule has 0 N–H and O–H groups in total. The highest BCUT2D eigenvalue weighted by atomic mass is 16.5. The second-order valence-electron chi connectivity index (χ2n) is 3.36. The number of hydrogen-bond acceptors (Lipinski definition) is 1. The zero-order valence-corrected chi connectivity index (χ0v) is 6.85. The van der Waals surface area contributed by atoms with Gasteiger partial charge < -0.3 is 4.74 Å². The first kappa shape index (κ1) is 6.86. The van der Waals surface area contributed by atoms with E-state index >= 15 is 0 Å². The molecule has 0 unspecified atom stereocenters. The van der Waals surface area contributed by atoms with E-state index in [1.807, 2.05) is 12.1 Å². The van der Waals surface area contributed by atoms with Crippen molar-refractivity contribution in [2.24, 2.45) is 0 Å². The fraction of sp³-hybridized carbons (Fsp3) is 0.400. The van der Waals surface area contributed by atoms with Crippen molar-refractivity contribution in [3.05, 3.63) is 35.4 Å². The third-order valence-corrected chi connectivity index (χ3v) is 2.17. The van der Waals surface area contributed by atoms with E-state index in [9.17, 15) is 0 Å². The van der Waals surface area contributed by atoms with Crippen molar-refractivity contribution >= 4 is 0 Å². The summed E-state index contributed by atoms with van der Waals surface area (Å²) in [4.78, 5) is 0. The molecule has 0 saturated heterocycles. The van der Waals surface area contributed by atoms with E-state index < -0.39 is 0 Å². The van der Waals surface area contributed by atoms with Crippen LogP contribution in [-0.2, 0) is 16.9 Å². The SMILES string of the molecule is CC1(C)OCc2[c]cccc21. The normalized spacial score (nSPS) is 19.8. The first-order valence-electron chi connectivity index (χ1n) is 3.84. The fourth-order valence-electron chi connectivity index (χ4n) is 1.49. The van der Waals surface area contributed by atoms with Gasteiger partial charge in [0, 0.05) is 0 Å². The third-order valence-electron chi connectivity index (χ3n) is 2.17. The molecule has 0 spiro atoms. The average molecular weight is 147 g/mol. The number of ether oxygens (including phenoxy) is 1. The van der Waals surface area contributed by atoms with Crippen molar-refractivity contribution in [2.75, 3.05) is 0 Å². The monoisotopic (exact) mass is 147 g/mol. The molecule has 57 valence electrons. The van der Waals surface area contributed by atoms with Crippen molar-refractivity contribution < 1.29 is 4.74 Å². The lowest BCUT2D eigenvalue weighted by Crippen LogP contribution is -2.14. The lowest BCUT2D eigenvalue weighted by atomic mass is 9.97. The van der Waals surface area contributed by atoms with Crippen molar-refractivity contribution in [1.29, 1.82) is 0 Å². The van der Waals surface area contributed by atoms with Crippen molar-refractivity contribution in [1.82, 2.24) is 0 Å². The van der Waals surface area contributed by atoms with E-state index in [-0.39, 0.29) is 5.60 Å². The molecule has 0 aromatic heterocycles. The first-order chi connectivity index (χ1) is 5.20. The van der Waals surface area contributed by atoms with Gasteiger partial charge in [-0.2, -0.15) is 0 Å². The Hall–Kier alpha value is -0.820. The molecule has 0 fully saturated rings. The lowest BCUT2D eigenvalue weighted by molar-refractivity contribution is -0.00792. The Bertz CT molecular complexity index is 276. The van der Waals surface area contributed by atoms with Gasteiger partial charge in [-0.05, 0) is 31.0 Å². The molecule has 0 amide bonds. The molecule has 1 aliphatic rings. The first-order valence-corrected chi connectivity index (χ1v) is 3.84. The molecule has 1 nitrogen and oxygen atoms in total. The van der Waals surface area contributed by atoms with E-state index in [0.29, 0.717) is 6.61 Å². The number of fused-ring (bicyclic) bond motifs is 1. The standard InChI is InChI=1S/C10H11O/c1-10(2)9-6-4-3-5-8(9)7-11-10/h3-4,6H,7H2,1-2H3. The zero-order chi connectivity index (χ0) is 7.90. The summed E-state index contributed by atoms with van der Waals surface area (Å²) in [6, 6.07) is 9.23. The molecular weight excluding hydrogens is 136 g/mol. The molecule has 1 aromatic rings. The maximum Gasteiger partial charge on any atom is 0.0883 e. The van der Waals surface area contributed by atoms with Gasteiger partial charge in [0.05, 0.1) is 12.2 Å². The molecular formula is C10H11O. The smallest absolute Gasteiger partial charge is 0.0883 e. The largest absolute Gasteiger partial charge is 0.366 e. The Morgan fingerprint density at radius 2 is 2.36 bits per heavy atom. The van der Waals surface area contributed by atoms with E-state index in [0.717, 1.165) is 0 Å². The lowest BCUT2D eigenvalue weighted by Gasteiger charge is -2.17. The van der Waals surface area contributed by atoms with Gasteiger partial charge in [-0.15, -0.1) is 0 Å². The zero-order valence-electron chi connectivity index (χ0n) is 6.85. The van der Waals surface area contributed by atoms with E-state index in [1.165, 1.54) is 11.1 Å². The molecule has 0 aliphatic carbocycles. The van der Waals surface area contributed by atoms with Gasteiger partial charge in [-0.25, -0.2) is 0 Å². The number of hydrogen-bond donors (Lipinski definition) is 0. The summed E-state index contributed by atoms with van der Waals surface area (Å²) in [6.45, 7) is 4.89. The molecule has 0 saturated carbocycles. The van der Waals surface area contributed by atoms with Crippen LogP contribution in [0.1, 0.15) is 25.0 Å². The molecule has 0 bridgehead atoms. The Labute approximate surface area is 67.0 Å². The Balaban J connectivity index is 2.56. The topological polar surface area (TPSA) is 9.23 Å². The van der Waals surface area contributed by atoms with E-state index in [4.69, 9.17) is 4.74 Å². The average Bonchev–Trinajstić information content (AvgIpc) is 2.29. The maximum atomic E-state index is 5.58. The Morgan fingerprint density at radius 1 is 1.55 bits per heavy atom. The van der Waals surface area contributed by atoms with Gasteiger partial charge >= 0.3 is 0 Å². The van der Waals surface area contributed by atoms with Crippen LogP contribution >= 0.6 is 0 Å². The van der Waals surface area contributed by atoms with Gasteiger partial charge in [0.1, 0.15) is 0 Å². The summed E-state index contributed by atoms with van der Waals surface area (Å²) in [6.07, 6.45) is 0. The van der Waals surface area contributed by atoms with E-state index in [1.54, 1.807) is 0 Å². The Kier molecular flexibility index (Phi) is 1.30. The van der Waals surface area contributed by atoms with Crippen LogP contribution in [0.4, 0.5) is 0 Å². The van der Waals surface area contributed by atoms with Crippen molar-refractivity contribution in [3.8, 4) is 0 Å². The fourth-order valence-corrected chi connectivity index (χ4v) is 1.49. The van der Waals surface area contributed by atoms with Gasteiger partial charge in [0.15, 0.2) is 0 Å². The molecule has 0 atom stereocenters. The van der Waals surface area contributed by atoms with Gasteiger partial charge in [0.25, 0.3) is 0 Å². The minimum absolute atomic E-state index is 0.104. The summed E-state index contributed by atoms with van der Waals surface area (Å²) >= 11 is 0. The summed E-state index contributed by atoms with van der Waals surface area (Å²) in [5.74, 6) is 0. The minimum Gasteiger partial charge on any atom is -0.366 e. The van der Waals surface area contributed by atoms with Gasteiger partial charge in [-0.3, -0.25) is 0 Å². The summed E-state index contributed by atoms with van der Waals surface area (Å²) in [5.41, 5.74) is 2.38. The van der Waals surface area contributed by atoms with Crippen LogP contribution in [0.3, 0.4) is 0 Å². The van der Waals surface area contributed by atoms with Gasteiger partial charge in [-0.1, -0.05) is 18.2 Å². The summed E-state index contributed by atoms with van der Waals surface area (Å²) in [7, 11) is 0. The highest BCUT2D eigenvalue weighted by Crippen LogP contribution is 2.34. The Morgan fingerprint density at radius 3 is 3.09 bits per heavy atom. The van der Waals surface area contributed by atoms with E-state index in [2.05, 4.69) is 26.0 Å². The van der Waals surface area contributed by atoms with Crippen molar-refractivity contribution in [3.63, 3.8) is 0 Å². The van der Waals surface area contributed by atoms with Crippen LogP contribution < -0.4 is 0 Å². The quantitative estimate of drug-likeness (QED) is 0.547. The predicted octanol–water partition coefficient (Wildman–Crippen LogP) is 2.25. The van der Waals surface area contributed by atoms with Crippen LogP contribution in [0.5, 0.6) is 0 Å². The molecule has 1 radical (unpaired) electrons. The minimum atomic E-state index is -0.104. The van der Waals surface area contributed by atoms with Crippen LogP contribution in [-0.4, -0.2) is 0 Å². The highest BCUT2D eigenvalue weighted by molar-refractivity contribution is 5.33. The molecule has 2 rings (SSSR count). The van der Waals surface area contributed by atoms with Crippen LogP contribution in [0.15, 0.2) is 18.2 Å².